The van der Waals surface area contributed by atoms with E-state index in [2.05, 4.69) is 4.98 Å². The molecule has 0 saturated carbocycles. The van der Waals surface area contributed by atoms with E-state index in [0.717, 1.165) is 16.8 Å². The summed E-state index contributed by atoms with van der Waals surface area (Å²) < 4.78 is 19.3. The van der Waals surface area contributed by atoms with Crippen molar-refractivity contribution >= 4 is 17.6 Å². The van der Waals surface area contributed by atoms with Crippen LogP contribution >= 0.6 is 11.6 Å². The van der Waals surface area contributed by atoms with Gasteiger partial charge in [0.05, 0.1) is 18.1 Å². The number of halogens is 2. The molecular weight excluding hydrogens is 391 g/mol. The summed E-state index contributed by atoms with van der Waals surface area (Å²) in [5.74, 6) is -0.928. The molecule has 6 heteroatoms. The van der Waals surface area contributed by atoms with Crippen molar-refractivity contribution < 1.29 is 13.9 Å². The highest BCUT2D eigenvalue weighted by atomic mass is 35.5. The predicted octanol–water partition coefficient (Wildman–Crippen LogP) is 5.23. The second-order valence-corrected chi connectivity index (χ2v) is 7.58. The molecule has 148 valence electrons. The number of carbonyl (C=O) groups excluding carboxylic acids is 1. The lowest BCUT2D eigenvalue weighted by atomic mass is 9.81. The van der Waals surface area contributed by atoms with Gasteiger partial charge in [0.15, 0.2) is 5.82 Å². The van der Waals surface area contributed by atoms with Crippen molar-refractivity contribution in [2.45, 2.75) is 31.6 Å². The van der Waals surface area contributed by atoms with Crippen molar-refractivity contribution in [1.29, 1.82) is 0 Å². The van der Waals surface area contributed by atoms with Crippen molar-refractivity contribution in [3.8, 4) is 11.4 Å². The standard InChI is InChI=1S/C23H20ClFN2O2/c1-13-14(7-5-9-19(13)25)21(23(28)29-2)15-10-11-20-17(15)12-26-22(27-20)16-6-3-4-8-18(16)24/h3-9,12,15,21H,10-11H2,1-2H3. The van der Waals surface area contributed by atoms with E-state index >= 15 is 0 Å². The largest absolute Gasteiger partial charge is 0.469 e. The zero-order valence-electron chi connectivity index (χ0n) is 16.2. The first-order valence-electron chi connectivity index (χ1n) is 9.44. The Kier molecular flexibility index (Phi) is 5.33. The molecule has 1 aliphatic rings. The van der Waals surface area contributed by atoms with E-state index < -0.39 is 5.92 Å². The number of esters is 1. The highest BCUT2D eigenvalue weighted by Crippen LogP contribution is 2.44. The number of hydrogen-bond donors (Lipinski definition) is 0. The van der Waals surface area contributed by atoms with Crippen molar-refractivity contribution in [3.05, 3.63) is 81.9 Å². The molecule has 0 saturated heterocycles. The van der Waals surface area contributed by atoms with Crippen molar-refractivity contribution in [2.24, 2.45) is 0 Å². The highest BCUT2D eigenvalue weighted by Gasteiger charge is 2.38. The van der Waals surface area contributed by atoms with E-state index in [-0.39, 0.29) is 17.7 Å². The van der Waals surface area contributed by atoms with Crippen molar-refractivity contribution in [3.63, 3.8) is 0 Å². The number of fused-ring (bicyclic) bond motifs is 1. The Morgan fingerprint density at radius 3 is 2.79 bits per heavy atom. The van der Waals surface area contributed by atoms with Crippen LogP contribution in [0.15, 0.2) is 48.7 Å². The third-order valence-corrected chi connectivity index (χ3v) is 5.94. The maximum atomic E-state index is 14.2. The molecule has 3 aromatic rings. The SMILES string of the molecule is COC(=O)C(c1cccc(F)c1C)C1CCc2nc(-c3ccccc3Cl)ncc21. The molecule has 2 unspecified atom stereocenters. The van der Waals surface area contributed by atoms with E-state index in [0.29, 0.717) is 34.8 Å². The topological polar surface area (TPSA) is 52.1 Å². The molecule has 4 rings (SSSR count). The fraction of sp³-hybridized carbons (Fsp3) is 0.261. The van der Waals surface area contributed by atoms with Gasteiger partial charge in [-0.25, -0.2) is 14.4 Å². The summed E-state index contributed by atoms with van der Waals surface area (Å²) in [6, 6.07) is 12.2. The van der Waals surface area contributed by atoms with Gasteiger partial charge in [0, 0.05) is 23.4 Å². The van der Waals surface area contributed by atoms with Crippen LogP contribution in [-0.2, 0) is 16.0 Å². The predicted molar refractivity (Wildman–Crippen MR) is 109 cm³/mol. The van der Waals surface area contributed by atoms with Gasteiger partial charge in [-0.15, -0.1) is 0 Å². The summed E-state index contributed by atoms with van der Waals surface area (Å²) in [6.45, 7) is 1.69. The Morgan fingerprint density at radius 1 is 1.24 bits per heavy atom. The van der Waals surface area contributed by atoms with E-state index in [4.69, 9.17) is 21.3 Å². The van der Waals surface area contributed by atoms with Crippen LogP contribution in [0.1, 0.15) is 40.6 Å². The van der Waals surface area contributed by atoms with Gasteiger partial charge in [-0.3, -0.25) is 4.79 Å². The minimum Gasteiger partial charge on any atom is -0.469 e. The van der Waals surface area contributed by atoms with E-state index in [1.54, 1.807) is 31.3 Å². The first kappa shape index (κ1) is 19.5. The molecule has 29 heavy (non-hydrogen) atoms. The molecule has 0 spiro atoms. The van der Waals surface area contributed by atoms with Crippen LogP contribution in [0.2, 0.25) is 5.02 Å². The Morgan fingerprint density at radius 2 is 2.03 bits per heavy atom. The Balaban J connectivity index is 1.76. The summed E-state index contributed by atoms with van der Waals surface area (Å²) >= 11 is 6.28. The third kappa shape index (κ3) is 3.51. The minimum absolute atomic E-state index is 0.168. The molecule has 1 aromatic heterocycles. The molecule has 0 N–H and O–H groups in total. The summed E-state index contributed by atoms with van der Waals surface area (Å²) in [4.78, 5) is 21.9. The number of benzene rings is 2. The molecule has 1 aliphatic carbocycles. The molecule has 2 aromatic carbocycles. The fourth-order valence-corrected chi connectivity index (χ4v) is 4.32. The normalized spacial score (nSPS) is 16.3. The van der Waals surface area contributed by atoms with Gasteiger partial charge in [-0.2, -0.15) is 0 Å². The number of carbonyl (C=O) groups is 1. The van der Waals surface area contributed by atoms with E-state index in [9.17, 15) is 9.18 Å². The maximum Gasteiger partial charge on any atom is 0.313 e. The molecule has 0 radical (unpaired) electrons. The number of methoxy groups -OCH3 is 1. The summed E-state index contributed by atoms with van der Waals surface area (Å²) in [6.07, 6.45) is 3.19. The summed E-state index contributed by atoms with van der Waals surface area (Å²) in [5, 5.41) is 0.588. The quantitative estimate of drug-likeness (QED) is 0.552. The van der Waals surface area contributed by atoms with Gasteiger partial charge in [-0.1, -0.05) is 35.9 Å². The zero-order chi connectivity index (χ0) is 20.5. The molecule has 0 aliphatic heterocycles. The van der Waals surface area contributed by atoms with Crippen LogP contribution in [0.3, 0.4) is 0 Å². The minimum atomic E-state index is -0.605. The lowest BCUT2D eigenvalue weighted by Gasteiger charge is -2.24. The fourth-order valence-electron chi connectivity index (χ4n) is 4.10. The van der Waals surface area contributed by atoms with E-state index in [1.165, 1.54) is 13.2 Å². The molecule has 0 bridgehead atoms. The van der Waals surface area contributed by atoms with Crippen LogP contribution < -0.4 is 0 Å². The number of rotatable bonds is 4. The monoisotopic (exact) mass is 410 g/mol. The number of nitrogens with zero attached hydrogens (tertiary/aromatic N) is 2. The lowest BCUT2D eigenvalue weighted by Crippen LogP contribution is -2.22. The van der Waals surface area contributed by atoms with Gasteiger partial charge in [-0.05, 0) is 54.7 Å². The zero-order valence-corrected chi connectivity index (χ0v) is 16.9. The summed E-state index contributed by atoms with van der Waals surface area (Å²) in [5.41, 5.74) is 3.67. The smallest absolute Gasteiger partial charge is 0.313 e. The average molecular weight is 411 g/mol. The lowest BCUT2D eigenvalue weighted by molar-refractivity contribution is -0.143. The Labute approximate surface area is 173 Å². The van der Waals surface area contributed by atoms with Crippen LogP contribution in [-0.4, -0.2) is 23.0 Å². The maximum absolute atomic E-state index is 14.2. The van der Waals surface area contributed by atoms with Crippen LogP contribution in [0.4, 0.5) is 4.39 Å². The van der Waals surface area contributed by atoms with Gasteiger partial charge >= 0.3 is 5.97 Å². The molecule has 0 fully saturated rings. The highest BCUT2D eigenvalue weighted by molar-refractivity contribution is 6.33. The molecule has 0 amide bonds. The molecule has 1 heterocycles. The Bertz CT molecular complexity index is 1090. The second-order valence-electron chi connectivity index (χ2n) is 7.18. The second kappa shape index (κ2) is 7.91. The van der Waals surface area contributed by atoms with Crippen molar-refractivity contribution in [1.82, 2.24) is 9.97 Å². The van der Waals surface area contributed by atoms with Gasteiger partial charge in [0.2, 0.25) is 0 Å². The first-order chi connectivity index (χ1) is 14.0. The Hall–Kier alpha value is -2.79. The molecule has 4 nitrogen and oxygen atoms in total. The third-order valence-electron chi connectivity index (χ3n) is 5.61. The van der Waals surface area contributed by atoms with Crippen LogP contribution in [0, 0.1) is 12.7 Å². The number of aryl methyl sites for hydroxylation is 1. The number of hydrogen-bond acceptors (Lipinski definition) is 4. The first-order valence-corrected chi connectivity index (χ1v) is 9.82. The van der Waals surface area contributed by atoms with Gasteiger partial charge < -0.3 is 4.74 Å². The number of aromatic nitrogens is 2. The van der Waals surface area contributed by atoms with Gasteiger partial charge in [0.1, 0.15) is 5.82 Å². The van der Waals surface area contributed by atoms with E-state index in [1.807, 2.05) is 18.2 Å². The van der Waals surface area contributed by atoms with Crippen molar-refractivity contribution in [2.75, 3.05) is 7.11 Å². The summed E-state index contributed by atoms with van der Waals surface area (Å²) in [7, 11) is 1.36. The van der Waals surface area contributed by atoms with Crippen LogP contribution in [0.5, 0.6) is 0 Å². The number of ether oxygens (including phenoxy) is 1. The van der Waals surface area contributed by atoms with Gasteiger partial charge in [0.25, 0.3) is 0 Å². The molecular formula is C23H20ClFN2O2. The van der Waals surface area contributed by atoms with Crippen LogP contribution in [0.25, 0.3) is 11.4 Å². The average Bonchev–Trinajstić information content (AvgIpc) is 3.14. The molecule has 2 atom stereocenters.